The highest BCUT2D eigenvalue weighted by Gasteiger charge is 2.22. The molecule has 1 saturated heterocycles. The molecule has 3 aromatic rings. The number of halogens is 1. The molecule has 140 valence electrons. The van der Waals surface area contributed by atoms with Crippen molar-refractivity contribution in [2.45, 2.75) is 18.8 Å². The first kappa shape index (κ1) is 17.7. The van der Waals surface area contributed by atoms with Crippen LogP contribution in [0.5, 0.6) is 0 Å². The summed E-state index contributed by atoms with van der Waals surface area (Å²) in [5.74, 6) is 0.218. The lowest BCUT2D eigenvalue weighted by molar-refractivity contribution is 0.0828. The van der Waals surface area contributed by atoms with Crippen molar-refractivity contribution in [2.24, 2.45) is 0 Å². The summed E-state index contributed by atoms with van der Waals surface area (Å²) in [5.41, 5.74) is 3.93. The average molecular weight is 365 g/mol. The normalized spacial score (nSPS) is 15.2. The fourth-order valence-electron chi connectivity index (χ4n) is 3.92. The van der Waals surface area contributed by atoms with Crippen molar-refractivity contribution < 1.29 is 9.18 Å². The third-order valence-electron chi connectivity index (χ3n) is 5.37. The van der Waals surface area contributed by atoms with Gasteiger partial charge in [-0.25, -0.2) is 4.39 Å². The molecule has 0 atom stereocenters. The van der Waals surface area contributed by atoms with Crippen LogP contribution >= 0.6 is 0 Å². The van der Waals surface area contributed by atoms with Gasteiger partial charge in [0.2, 0.25) is 0 Å². The molecule has 1 aromatic heterocycles. The Balaban J connectivity index is 1.88. The first-order chi connectivity index (χ1) is 13.0. The van der Waals surface area contributed by atoms with Crippen LogP contribution in [0, 0.1) is 5.82 Å². The molecule has 4 nitrogen and oxygen atoms in total. The molecule has 0 radical (unpaired) electrons. The van der Waals surface area contributed by atoms with Crippen LogP contribution < -0.4 is 5.32 Å². The van der Waals surface area contributed by atoms with Crippen LogP contribution in [-0.2, 0) is 0 Å². The van der Waals surface area contributed by atoms with Gasteiger partial charge in [0.25, 0.3) is 5.91 Å². The van der Waals surface area contributed by atoms with Gasteiger partial charge in [-0.15, -0.1) is 0 Å². The number of nitrogens with zero attached hydrogens (tertiary/aromatic N) is 2. The summed E-state index contributed by atoms with van der Waals surface area (Å²) in [6.45, 7) is 2.01. The quantitative estimate of drug-likeness (QED) is 0.763. The Morgan fingerprint density at radius 2 is 1.81 bits per heavy atom. The van der Waals surface area contributed by atoms with Crippen molar-refractivity contribution in [1.29, 1.82) is 0 Å². The highest BCUT2D eigenvalue weighted by molar-refractivity contribution is 5.99. The summed E-state index contributed by atoms with van der Waals surface area (Å²) in [7, 11) is 3.54. The zero-order valence-electron chi connectivity index (χ0n) is 15.7. The van der Waals surface area contributed by atoms with E-state index < -0.39 is 0 Å². The zero-order valence-corrected chi connectivity index (χ0v) is 15.7. The Morgan fingerprint density at radius 3 is 2.48 bits per heavy atom. The molecule has 0 aliphatic carbocycles. The van der Waals surface area contributed by atoms with Gasteiger partial charge in [0.05, 0.1) is 5.52 Å². The minimum absolute atomic E-state index is 0.00249. The van der Waals surface area contributed by atoms with Crippen molar-refractivity contribution in [3.63, 3.8) is 0 Å². The number of hydrogen-bond donors (Lipinski definition) is 1. The van der Waals surface area contributed by atoms with E-state index in [0.29, 0.717) is 11.5 Å². The maximum atomic E-state index is 13.4. The standard InChI is InChI=1S/C22H24FN3O/c1-25(2)22(27)16-3-8-21-19(13-16)20(15-9-11-24-12-10-15)14-26(21)18-6-4-17(23)5-7-18/h3-8,13-15,24H,9-12H2,1-2H3. The molecule has 0 saturated carbocycles. The monoisotopic (exact) mass is 365 g/mol. The largest absolute Gasteiger partial charge is 0.345 e. The predicted molar refractivity (Wildman–Crippen MR) is 106 cm³/mol. The highest BCUT2D eigenvalue weighted by atomic mass is 19.1. The van der Waals surface area contributed by atoms with E-state index in [1.165, 1.54) is 17.7 Å². The molecule has 2 heterocycles. The second-order valence-corrected chi connectivity index (χ2v) is 7.39. The van der Waals surface area contributed by atoms with Gasteiger partial charge in [-0.3, -0.25) is 4.79 Å². The summed E-state index contributed by atoms with van der Waals surface area (Å²) in [6, 6.07) is 12.4. The minimum atomic E-state index is -0.243. The van der Waals surface area contributed by atoms with E-state index in [-0.39, 0.29) is 11.7 Å². The van der Waals surface area contributed by atoms with E-state index >= 15 is 0 Å². The van der Waals surface area contributed by atoms with Gasteiger partial charge in [0, 0.05) is 36.9 Å². The molecule has 1 aliphatic heterocycles. The molecular formula is C22H24FN3O. The van der Waals surface area contributed by atoms with E-state index in [0.717, 1.165) is 42.5 Å². The molecule has 4 rings (SSSR count). The fourth-order valence-corrected chi connectivity index (χ4v) is 3.92. The maximum absolute atomic E-state index is 13.4. The Morgan fingerprint density at radius 1 is 1.11 bits per heavy atom. The summed E-state index contributed by atoms with van der Waals surface area (Å²) in [4.78, 5) is 14.1. The minimum Gasteiger partial charge on any atom is -0.345 e. The lowest BCUT2D eigenvalue weighted by atomic mass is 9.89. The lowest BCUT2D eigenvalue weighted by Gasteiger charge is -2.22. The molecule has 1 fully saturated rings. The number of hydrogen-bond acceptors (Lipinski definition) is 2. The molecule has 1 aliphatic rings. The maximum Gasteiger partial charge on any atom is 0.253 e. The van der Waals surface area contributed by atoms with Crippen molar-refractivity contribution in [3.05, 3.63) is 65.6 Å². The van der Waals surface area contributed by atoms with E-state index in [1.54, 1.807) is 31.1 Å². The number of benzene rings is 2. The van der Waals surface area contributed by atoms with Crippen LogP contribution in [0.3, 0.4) is 0 Å². The molecule has 2 aromatic carbocycles. The number of amides is 1. The first-order valence-corrected chi connectivity index (χ1v) is 9.38. The molecule has 5 heteroatoms. The van der Waals surface area contributed by atoms with Crippen LogP contribution in [-0.4, -0.2) is 42.6 Å². The van der Waals surface area contributed by atoms with E-state index in [9.17, 15) is 9.18 Å². The Hall–Kier alpha value is -2.66. The number of fused-ring (bicyclic) bond motifs is 1. The smallest absolute Gasteiger partial charge is 0.253 e. The second kappa shape index (κ2) is 7.16. The molecule has 1 N–H and O–H groups in total. The van der Waals surface area contributed by atoms with Crippen LogP contribution in [0.2, 0.25) is 0 Å². The molecule has 0 unspecified atom stereocenters. The Kier molecular flexibility index (Phi) is 4.70. The summed E-state index contributed by atoms with van der Waals surface area (Å²) in [5, 5.41) is 4.52. The Bertz CT molecular complexity index is 969. The lowest BCUT2D eigenvalue weighted by Crippen LogP contribution is -2.26. The van der Waals surface area contributed by atoms with Gasteiger partial charge in [-0.2, -0.15) is 0 Å². The number of carbonyl (C=O) groups excluding carboxylic acids is 1. The van der Waals surface area contributed by atoms with E-state index in [1.807, 2.05) is 18.2 Å². The van der Waals surface area contributed by atoms with Gasteiger partial charge < -0.3 is 14.8 Å². The van der Waals surface area contributed by atoms with Crippen LogP contribution in [0.1, 0.15) is 34.7 Å². The van der Waals surface area contributed by atoms with Crippen molar-refractivity contribution >= 4 is 16.8 Å². The fraction of sp³-hybridized carbons (Fsp3) is 0.318. The number of aromatic nitrogens is 1. The first-order valence-electron chi connectivity index (χ1n) is 9.38. The number of carbonyl (C=O) groups is 1. The summed E-state index contributed by atoms with van der Waals surface area (Å²) >= 11 is 0. The van der Waals surface area contributed by atoms with Crippen LogP contribution in [0.4, 0.5) is 4.39 Å². The van der Waals surface area contributed by atoms with Gasteiger partial charge in [0.1, 0.15) is 5.82 Å². The predicted octanol–water partition coefficient (Wildman–Crippen LogP) is 3.94. The molecule has 0 spiro atoms. The third kappa shape index (κ3) is 3.35. The average Bonchev–Trinajstić information content (AvgIpc) is 3.07. The van der Waals surface area contributed by atoms with Crippen molar-refractivity contribution in [3.8, 4) is 5.69 Å². The van der Waals surface area contributed by atoms with Gasteiger partial charge >= 0.3 is 0 Å². The SMILES string of the molecule is CN(C)C(=O)c1ccc2c(c1)c(C1CCNCC1)cn2-c1ccc(F)cc1. The molecule has 0 bridgehead atoms. The van der Waals surface area contributed by atoms with Crippen molar-refractivity contribution in [2.75, 3.05) is 27.2 Å². The number of piperidine rings is 1. The molecule has 27 heavy (non-hydrogen) atoms. The van der Waals surface area contributed by atoms with E-state index in [2.05, 4.69) is 16.1 Å². The topological polar surface area (TPSA) is 37.3 Å². The van der Waals surface area contributed by atoms with Crippen LogP contribution in [0.15, 0.2) is 48.7 Å². The number of rotatable bonds is 3. The van der Waals surface area contributed by atoms with E-state index in [4.69, 9.17) is 0 Å². The van der Waals surface area contributed by atoms with Gasteiger partial charge in [0.15, 0.2) is 0 Å². The highest BCUT2D eigenvalue weighted by Crippen LogP contribution is 2.35. The van der Waals surface area contributed by atoms with Crippen molar-refractivity contribution in [1.82, 2.24) is 14.8 Å². The summed E-state index contributed by atoms with van der Waals surface area (Å²) < 4.78 is 15.5. The number of nitrogens with one attached hydrogen (secondary N) is 1. The zero-order chi connectivity index (χ0) is 19.0. The van der Waals surface area contributed by atoms with Crippen LogP contribution in [0.25, 0.3) is 16.6 Å². The van der Waals surface area contributed by atoms with Gasteiger partial charge in [-0.05, 0) is 79.9 Å². The summed E-state index contributed by atoms with van der Waals surface area (Å²) in [6.07, 6.45) is 4.32. The van der Waals surface area contributed by atoms with Gasteiger partial charge in [-0.1, -0.05) is 0 Å². The molecular weight excluding hydrogens is 341 g/mol. The second-order valence-electron chi connectivity index (χ2n) is 7.39. The Labute approximate surface area is 158 Å². The third-order valence-corrected chi connectivity index (χ3v) is 5.37. The molecule has 1 amide bonds.